The minimum atomic E-state index is -0.824. The number of hydrogen-bond acceptors (Lipinski definition) is 4. The van der Waals surface area contributed by atoms with Crippen molar-refractivity contribution in [1.29, 1.82) is 0 Å². The van der Waals surface area contributed by atoms with Crippen LogP contribution in [0.25, 0.3) is 16.7 Å². The van der Waals surface area contributed by atoms with Gasteiger partial charge in [-0.3, -0.25) is 14.2 Å². The van der Waals surface area contributed by atoms with Gasteiger partial charge in [0.2, 0.25) is 0 Å². The van der Waals surface area contributed by atoms with Crippen LogP contribution in [0.3, 0.4) is 0 Å². The summed E-state index contributed by atoms with van der Waals surface area (Å²) < 4.78 is 3.13. The van der Waals surface area contributed by atoms with Crippen molar-refractivity contribution < 1.29 is 9.90 Å². The first-order valence-corrected chi connectivity index (χ1v) is 7.37. The molecule has 2 heterocycles. The maximum absolute atomic E-state index is 12.5. The maximum atomic E-state index is 12.5. The summed E-state index contributed by atoms with van der Waals surface area (Å²) in [7, 11) is 0. The van der Waals surface area contributed by atoms with Crippen LogP contribution in [0.2, 0.25) is 0 Å². The van der Waals surface area contributed by atoms with Gasteiger partial charge in [-0.05, 0) is 25.0 Å². The molecule has 7 nitrogen and oxygen atoms in total. The summed E-state index contributed by atoms with van der Waals surface area (Å²) in [5.41, 5.74) is 1.20. The molecule has 0 atom stereocenters. The number of carboxylic acids is 1. The van der Waals surface area contributed by atoms with Crippen molar-refractivity contribution >= 4 is 17.0 Å². The first-order valence-electron chi connectivity index (χ1n) is 7.37. The van der Waals surface area contributed by atoms with Gasteiger partial charge in [0, 0.05) is 13.0 Å². The zero-order chi connectivity index (χ0) is 16.2. The zero-order valence-corrected chi connectivity index (χ0v) is 12.4. The van der Waals surface area contributed by atoms with Crippen LogP contribution in [0.4, 0.5) is 0 Å². The van der Waals surface area contributed by atoms with Gasteiger partial charge in [-0.2, -0.15) is 5.10 Å². The summed E-state index contributed by atoms with van der Waals surface area (Å²) in [4.78, 5) is 27.3. The third kappa shape index (κ3) is 3.13. The van der Waals surface area contributed by atoms with E-state index < -0.39 is 5.97 Å². The molecular formula is C16H16N4O3. The molecule has 7 heteroatoms. The molecule has 118 valence electrons. The molecule has 0 aliphatic carbocycles. The van der Waals surface area contributed by atoms with Crippen LogP contribution in [-0.2, 0) is 11.3 Å². The number of unbranched alkanes of at least 4 members (excludes halogenated alkanes) is 1. The molecule has 0 saturated carbocycles. The van der Waals surface area contributed by atoms with Gasteiger partial charge in [0.1, 0.15) is 5.39 Å². The Morgan fingerprint density at radius 3 is 2.70 bits per heavy atom. The van der Waals surface area contributed by atoms with Gasteiger partial charge in [-0.15, -0.1) is 0 Å². The molecule has 0 unspecified atom stereocenters. The fraction of sp³-hybridized carbons (Fsp3) is 0.250. The second kappa shape index (κ2) is 6.43. The number of carbonyl (C=O) groups is 1. The fourth-order valence-electron chi connectivity index (χ4n) is 2.42. The number of aryl methyl sites for hydroxylation is 1. The van der Waals surface area contributed by atoms with E-state index >= 15 is 0 Å². The quantitative estimate of drug-likeness (QED) is 0.701. The number of aromatic nitrogens is 4. The monoisotopic (exact) mass is 312 g/mol. The molecule has 0 aliphatic rings. The van der Waals surface area contributed by atoms with E-state index in [1.54, 1.807) is 4.68 Å². The van der Waals surface area contributed by atoms with Gasteiger partial charge in [-0.25, -0.2) is 9.67 Å². The molecule has 23 heavy (non-hydrogen) atoms. The lowest BCUT2D eigenvalue weighted by atomic mass is 10.2. The van der Waals surface area contributed by atoms with Crippen LogP contribution in [-0.4, -0.2) is 30.4 Å². The van der Waals surface area contributed by atoms with E-state index in [2.05, 4.69) is 10.1 Å². The second-order valence-corrected chi connectivity index (χ2v) is 5.22. The average molecular weight is 312 g/mol. The Hall–Kier alpha value is -2.96. The number of hydrogen-bond donors (Lipinski definition) is 1. The van der Waals surface area contributed by atoms with Crippen molar-refractivity contribution in [2.75, 3.05) is 0 Å². The highest BCUT2D eigenvalue weighted by Gasteiger charge is 2.11. The third-order valence-electron chi connectivity index (χ3n) is 3.59. The number of rotatable bonds is 6. The van der Waals surface area contributed by atoms with Gasteiger partial charge in [0.05, 0.1) is 18.2 Å². The molecule has 0 amide bonds. The molecule has 0 bridgehead atoms. The van der Waals surface area contributed by atoms with Gasteiger partial charge in [0.25, 0.3) is 5.56 Å². The Kier molecular flexibility index (Phi) is 4.18. The van der Waals surface area contributed by atoms with Crippen LogP contribution in [0.1, 0.15) is 19.3 Å². The summed E-state index contributed by atoms with van der Waals surface area (Å²) in [5, 5.41) is 13.3. The van der Waals surface area contributed by atoms with Crippen LogP contribution < -0.4 is 5.56 Å². The van der Waals surface area contributed by atoms with E-state index in [1.807, 2.05) is 30.3 Å². The molecule has 1 N–H and O–H groups in total. The van der Waals surface area contributed by atoms with Crippen molar-refractivity contribution in [3.05, 3.63) is 53.2 Å². The highest BCUT2D eigenvalue weighted by atomic mass is 16.4. The van der Waals surface area contributed by atoms with Crippen molar-refractivity contribution in [3.63, 3.8) is 0 Å². The standard InChI is InChI=1S/C16H16N4O3/c21-14(22)8-4-5-9-19-11-17-15-13(16(19)23)10-18-20(15)12-6-2-1-3-7-12/h1-3,6-7,10-11H,4-5,8-9H2,(H,21,22). The number of carboxylic acid groups (broad SMARTS) is 1. The summed E-state index contributed by atoms with van der Waals surface area (Å²) in [5.74, 6) is -0.824. The molecule has 3 rings (SSSR count). The van der Waals surface area contributed by atoms with E-state index in [1.165, 1.54) is 17.1 Å². The lowest BCUT2D eigenvalue weighted by Gasteiger charge is -2.05. The lowest BCUT2D eigenvalue weighted by Crippen LogP contribution is -2.20. The summed E-state index contributed by atoms with van der Waals surface area (Å²) >= 11 is 0. The first kappa shape index (κ1) is 15.0. The Balaban J connectivity index is 1.86. The van der Waals surface area contributed by atoms with Crippen molar-refractivity contribution in [2.45, 2.75) is 25.8 Å². The van der Waals surface area contributed by atoms with Crippen molar-refractivity contribution in [1.82, 2.24) is 19.3 Å². The van der Waals surface area contributed by atoms with E-state index in [4.69, 9.17) is 5.11 Å². The Labute approximate surface area is 131 Å². The van der Waals surface area contributed by atoms with Crippen molar-refractivity contribution in [2.24, 2.45) is 0 Å². The molecule has 0 fully saturated rings. The smallest absolute Gasteiger partial charge is 0.303 e. The minimum absolute atomic E-state index is 0.108. The number of aliphatic carboxylic acids is 1. The number of benzene rings is 1. The van der Waals surface area contributed by atoms with Crippen LogP contribution in [0, 0.1) is 0 Å². The number of fused-ring (bicyclic) bond motifs is 1. The minimum Gasteiger partial charge on any atom is -0.481 e. The highest BCUT2D eigenvalue weighted by Crippen LogP contribution is 2.13. The topological polar surface area (TPSA) is 90.0 Å². The Morgan fingerprint density at radius 2 is 1.96 bits per heavy atom. The van der Waals surface area contributed by atoms with Crippen LogP contribution >= 0.6 is 0 Å². The van der Waals surface area contributed by atoms with Gasteiger partial charge in [0.15, 0.2) is 5.65 Å². The third-order valence-corrected chi connectivity index (χ3v) is 3.59. The van der Waals surface area contributed by atoms with Crippen LogP contribution in [0.5, 0.6) is 0 Å². The zero-order valence-electron chi connectivity index (χ0n) is 12.4. The van der Waals surface area contributed by atoms with Gasteiger partial charge >= 0.3 is 5.97 Å². The van der Waals surface area contributed by atoms with Gasteiger partial charge in [-0.1, -0.05) is 18.2 Å². The average Bonchev–Trinajstić information content (AvgIpc) is 2.99. The molecule has 2 aromatic heterocycles. The van der Waals surface area contributed by atoms with E-state index in [-0.39, 0.29) is 12.0 Å². The predicted molar refractivity (Wildman–Crippen MR) is 84.6 cm³/mol. The molecular weight excluding hydrogens is 296 g/mol. The highest BCUT2D eigenvalue weighted by molar-refractivity contribution is 5.74. The number of nitrogens with zero attached hydrogens (tertiary/aromatic N) is 4. The number of para-hydroxylation sites is 1. The molecule has 0 spiro atoms. The Morgan fingerprint density at radius 1 is 1.17 bits per heavy atom. The van der Waals surface area contributed by atoms with Crippen molar-refractivity contribution in [3.8, 4) is 5.69 Å². The lowest BCUT2D eigenvalue weighted by molar-refractivity contribution is -0.137. The summed E-state index contributed by atoms with van der Waals surface area (Å²) in [6.07, 6.45) is 4.27. The predicted octanol–water partition coefficient (Wildman–Crippen LogP) is 1.84. The molecule has 3 aromatic rings. The molecule has 0 radical (unpaired) electrons. The first-order chi connectivity index (χ1) is 11.2. The largest absolute Gasteiger partial charge is 0.481 e. The van der Waals surface area contributed by atoms with Crippen LogP contribution in [0.15, 0.2) is 47.7 Å². The van der Waals surface area contributed by atoms with E-state index in [0.717, 1.165) is 5.69 Å². The van der Waals surface area contributed by atoms with E-state index in [0.29, 0.717) is 30.4 Å². The SMILES string of the molecule is O=C(O)CCCCn1cnc2c(cnn2-c2ccccc2)c1=O. The normalized spacial score (nSPS) is 11.0. The molecule has 1 aromatic carbocycles. The Bertz CT molecular complexity index is 883. The second-order valence-electron chi connectivity index (χ2n) is 5.22. The summed E-state index contributed by atoms with van der Waals surface area (Å²) in [6.45, 7) is 0.450. The molecule has 0 saturated heterocycles. The fourth-order valence-corrected chi connectivity index (χ4v) is 2.42. The summed E-state index contributed by atoms with van der Waals surface area (Å²) in [6, 6.07) is 9.49. The van der Waals surface area contributed by atoms with Gasteiger partial charge < -0.3 is 5.11 Å². The van der Waals surface area contributed by atoms with E-state index in [9.17, 15) is 9.59 Å². The maximum Gasteiger partial charge on any atom is 0.303 e. The molecule has 0 aliphatic heterocycles.